The molecule has 0 spiro atoms. The van der Waals surface area contributed by atoms with Gasteiger partial charge in [0.15, 0.2) is 0 Å². The molecule has 4 nitrogen and oxygen atoms in total. The number of hydrogen-bond donors (Lipinski definition) is 0. The van der Waals surface area contributed by atoms with Crippen LogP contribution in [0.4, 0.5) is 5.95 Å². The van der Waals surface area contributed by atoms with E-state index in [1.54, 1.807) is 0 Å². The molecule has 0 amide bonds. The highest BCUT2D eigenvalue weighted by molar-refractivity contribution is 9.09. The van der Waals surface area contributed by atoms with Gasteiger partial charge in [0.2, 0.25) is 5.95 Å². The molecule has 106 valence electrons. The monoisotopic (exact) mass is 326 g/mol. The van der Waals surface area contributed by atoms with Crippen LogP contribution in [0.3, 0.4) is 0 Å². The van der Waals surface area contributed by atoms with Crippen molar-refractivity contribution >= 4 is 21.9 Å². The zero-order chi connectivity index (χ0) is 13.7. The average molecular weight is 327 g/mol. The minimum Gasteiger partial charge on any atom is -0.337 e. The number of nitrogens with zero attached hydrogens (tertiary/aromatic N) is 4. The second-order valence-electron chi connectivity index (χ2n) is 5.03. The lowest BCUT2D eigenvalue weighted by molar-refractivity contribution is 0.590. The molecule has 0 radical (unpaired) electrons. The Kier molecular flexibility index (Phi) is 5.55. The van der Waals surface area contributed by atoms with Gasteiger partial charge in [-0.2, -0.15) is 5.10 Å². The highest BCUT2D eigenvalue weighted by Gasteiger charge is 2.26. The first kappa shape index (κ1) is 14.7. The molecular formula is C14H23BrN4. The normalized spacial score (nSPS) is 19.1. The Balaban J connectivity index is 2.16. The van der Waals surface area contributed by atoms with E-state index in [1.807, 2.05) is 0 Å². The summed E-state index contributed by atoms with van der Waals surface area (Å²) in [5.74, 6) is 0.839. The summed E-state index contributed by atoms with van der Waals surface area (Å²) in [6.45, 7) is 5.32. The van der Waals surface area contributed by atoms with Crippen LogP contribution in [0, 0.1) is 0 Å². The first-order valence-corrected chi connectivity index (χ1v) is 8.47. The van der Waals surface area contributed by atoms with Gasteiger partial charge in [-0.1, -0.05) is 29.8 Å². The Hall–Kier alpha value is -0.710. The van der Waals surface area contributed by atoms with Gasteiger partial charge in [0, 0.05) is 17.9 Å². The predicted molar refractivity (Wildman–Crippen MR) is 82.0 cm³/mol. The molecule has 1 aromatic heterocycles. The van der Waals surface area contributed by atoms with Crippen LogP contribution in [0.2, 0.25) is 0 Å². The van der Waals surface area contributed by atoms with E-state index in [2.05, 4.69) is 44.9 Å². The van der Waals surface area contributed by atoms with Crippen LogP contribution < -0.4 is 4.90 Å². The van der Waals surface area contributed by atoms with E-state index in [-0.39, 0.29) is 0 Å². The van der Waals surface area contributed by atoms with Gasteiger partial charge >= 0.3 is 0 Å². The van der Waals surface area contributed by atoms with Crippen LogP contribution in [0.25, 0.3) is 0 Å². The van der Waals surface area contributed by atoms with Crippen molar-refractivity contribution in [3.8, 4) is 0 Å². The molecular weight excluding hydrogens is 304 g/mol. The molecule has 19 heavy (non-hydrogen) atoms. The summed E-state index contributed by atoms with van der Waals surface area (Å²) in [6, 6.07) is 0.594. The fraction of sp³-hybridized carbons (Fsp3) is 0.786. The van der Waals surface area contributed by atoms with Gasteiger partial charge in [0.1, 0.15) is 0 Å². The molecule has 1 aliphatic heterocycles. The van der Waals surface area contributed by atoms with Gasteiger partial charge in [-0.3, -0.25) is 0 Å². The van der Waals surface area contributed by atoms with Gasteiger partial charge in [-0.25, -0.2) is 4.98 Å². The van der Waals surface area contributed by atoms with Gasteiger partial charge in [0.25, 0.3) is 0 Å². The second kappa shape index (κ2) is 7.17. The maximum absolute atomic E-state index is 4.74. The summed E-state index contributed by atoms with van der Waals surface area (Å²) in [6.07, 6.45) is 6.77. The first-order chi connectivity index (χ1) is 9.30. The van der Waals surface area contributed by atoms with E-state index in [0.29, 0.717) is 6.04 Å². The molecule has 0 aromatic carbocycles. The Morgan fingerprint density at radius 3 is 2.68 bits per heavy atom. The largest absolute Gasteiger partial charge is 0.337 e. The molecule has 5 heteroatoms. The average Bonchev–Trinajstić information content (AvgIpc) is 2.92. The molecule has 1 atom stereocenters. The third-order valence-corrected chi connectivity index (χ3v) is 4.36. The molecule has 1 aromatic rings. The number of aryl methyl sites for hydroxylation is 2. The maximum Gasteiger partial charge on any atom is 0.245 e. The van der Waals surface area contributed by atoms with Gasteiger partial charge in [-0.15, -0.1) is 5.10 Å². The van der Waals surface area contributed by atoms with Crippen LogP contribution in [0.1, 0.15) is 50.9 Å². The minimum atomic E-state index is 0.594. The summed E-state index contributed by atoms with van der Waals surface area (Å²) >= 11 is 3.51. The van der Waals surface area contributed by atoms with Crippen LogP contribution in [-0.2, 0) is 12.8 Å². The summed E-state index contributed by atoms with van der Waals surface area (Å²) in [5, 5.41) is 9.79. The SMILES string of the molecule is CCc1nnc(N2CCCC2CCCBr)nc1CC. The molecule has 0 N–H and O–H groups in total. The topological polar surface area (TPSA) is 41.9 Å². The predicted octanol–water partition coefficient (Wildman–Crippen LogP) is 3.14. The maximum atomic E-state index is 4.74. The summed E-state index contributed by atoms with van der Waals surface area (Å²) in [7, 11) is 0. The summed E-state index contributed by atoms with van der Waals surface area (Å²) in [5.41, 5.74) is 2.15. The number of anilines is 1. The third kappa shape index (κ3) is 3.44. The van der Waals surface area contributed by atoms with Crippen LogP contribution in [0.15, 0.2) is 0 Å². The fourth-order valence-electron chi connectivity index (χ4n) is 2.76. The minimum absolute atomic E-state index is 0.594. The van der Waals surface area contributed by atoms with E-state index in [4.69, 9.17) is 4.98 Å². The highest BCUT2D eigenvalue weighted by atomic mass is 79.9. The van der Waals surface area contributed by atoms with E-state index >= 15 is 0 Å². The number of rotatable bonds is 6. The van der Waals surface area contributed by atoms with Crippen molar-refractivity contribution in [2.24, 2.45) is 0 Å². The standard InChI is InChI=1S/C14H23BrN4/c1-3-12-13(4-2)17-18-14(16-12)19-10-6-8-11(19)7-5-9-15/h11H,3-10H2,1-2H3. The quantitative estimate of drug-likeness (QED) is 0.753. The van der Waals surface area contributed by atoms with Crippen molar-refractivity contribution in [2.45, 2.75) is 58.4 Å². The van der Waals surface area contributed by atoms with Crippen molar-refractivity contribution in [3.05, 3.63) is 11.4 Å². The summed E-state index contributed by atoms with van der Waals surface area (Å²) in [4.78, 5) is 7.10. The van der Waals surface area contributed by atoms with Crippen molar-refractivity contribution in [3.63, 3.8) is 0 Å². The third-order valence-electron chi connectivity index (χ3n) is 3.80. The summed E-state index contributed by atoms with van der Waals surface area (Å²) < 4.78 is 0. The second-order valence-corrected chi connectivity index (χ2v) is 5.83. The highest BCUT2D eigenvalue weighted by Crippen LogP contribution is 2.25. The van der Waals surface area contributed by atoms with E-state index < -0.39 is 0 Å². The van der Waals surface area contributed by atoms with E-state index in [1.165, 1.54) is 25.7 Å². The van der Waals surface area contributed by atoms with E-state index in [9.17, 15) is 0 Å². The molecule has 1 saturated heterocycles. The van der Waals surface area contributed by atoms with Crippen LogP contribution >= 0.6 is 15.9 Å². The Labute approximate surface area is 124 Å². The number of aromatic nitrogens is 3. The van der Waals surface area contributed by atoms with Gasteiger partial charge in [-0.05, 0) is 38.5 Å². The Morgan fingerprint density at radius 2 is 2.00 bits per heavy atom. The first-order valence-electron chi connectivity index (χ1n) is 7.35. The zero-order valence-corrected chi connectivity index (χ0v) is 13.5. The molecule has 2 heterocycles. The molecule has 2 rings (SSSR count). The lowest BCUT2D eigenvalue weighted by atomic mass is 10.1. The van der Waals surface area contributed by atoms with Gasteiger partial charge in [0.05, 0.1) is 11.4 Å². The van der Waals surface area contributed by atoms with Crippen molar-refractivity contribution < 1.29 is 0 Å². The number of halogens is 1. The lowest BCUT2D eigenvalue weighted by Gasteiger charge is -2.24. The number of alkyl halides is 1. The Bertz CT molecular complexity index is 410. The molecule has 0 bridgehead atoms. The van der Waals surface area contributed by atoms with Gasteiger partial charge < -0.3 is 4.90 Å². The van der Waals surface area contributed by atoms with Crippen LogP contribution in [-0.4, -0.2) is 33.1 Å². The van der Waals surface area contributed by atoms with Crippen molar-refractivity contribution in [2.75, 3.05) is 16.8 Å². The molecule has 1 aliphatic rings. The van der Waals surface area contributed by atoms with Crippen LogP contribution in [0.5, 0.6) is 0 Å². The lowest BCUT2D eigenvalue weighted by Crippen LogP contribution is -2.31. The molecule has 1 fully saturated rings. The van der Waals surface area contributed by atoms with Crippen molar-refractivity contribution in [1.82, 2.24) is 15.2 Å². The van der Waals surface area contributed by atoms with Crippen molar-refractivity contribution in [1.29, 1.82) is 0 Å². The van der Waals surface area contributed by atoms with E-state index in [0.717, 1.165) is 42.1 Å². The molecule has 0 saturated carbocycles. The molecule has 0 aliphatic carbocycles. The smallest absolute Gasteiger partial charge is 0.245 e. The Morgan fingerprint density at radius 1 is 1.21 bits per heavy atom. The fourth-order valence-corrected chi connectivity index (χ4v) is 3.09. The molecule has 1 unspecified atom stereocenters. The number of hydrogen-bond acceptors (Lipinski definition) is 4. The zero-order valence-electron chi connectivity index (χ0n) is 11.9.